The Hall–Kier alpha value is -2.62. The summed E-state index contributed by atoms with van der Waals surface area (Å²) in [4.78, 5) is 23.4. The second-order valence-corrected chi connectivity index (χ2v) is 6.63. The molecule has 2 aromatic rings. The highest BCUT2D eigenvalue weighted by Gasteiger charge is 2.12. The van der Waals surface area contributed by atoms with E-state index in [2.05, 4.69) is 37.4 Å². The van der Waals surface area contributed by atoms with Gasteiger partial charge >= 0.3 is 5.97 Å². The highest BCUT2D eigenvalue weighted by atomic mass is 16.4. The van der Waals surface area contributed by atoms with Crippen molar-refractivity contribution in [1.29, 1.82) is 0 Å². The molecule has 0 aliphatic rings. The lowest BCUT2D eigenvalue weighted by molar-refractivity contribution is -0.121. The third-order valence-electron chi connectivity index (χ3n) is 4.10. The summed E-state index contributed by atoms with van der Waals surface area (Å²) >= 11 is 0. The number of rotatable bonds is 7. The Balaban J connectivity index is 1.89. The van der Waals surface area contributed by atoms with E-state index in [9.17, 15) is 14.7 Å². The minimum atomic E-state index is -0.959. The number of carbonyl (C=O) groups is 2. The van der Waals surface area contributed by atoms with Crippen molar-refractivity contribution in [2.45, 2.75) is 46.1 Å². The zero-order valence-electron chi connectivity index (χ0n) is 15.0. The number of aryl methyl sites for hydroxylation is 3. The van der Waals surface area contributed by atoms with Crippen molar-refractivity contribution < 1.29 is 14.7 Å². The van der Waals surface area contributed by atoms with Gasteiger partial charge in [-0.25, -0.2) is 4.79 Å². The molecular weight excluding hydrogens is 314 g/mol. The predicted octanol–water partition coefficient (Wildman–Crippen LogP) is 3.68. The van der Waals surface area contributed by atoms with Crippen LogP contribution < -0.4 is 5.32 Å². The fourth-order valence-electron chi connectivity index (χ4n) is 3.13. The van der Waals surface area contributed by atoms with Gasteiger partial charge in [0.1, 0.15) is 0 Å². The van der Waals surface area contributed by atoms with Gasteiger partial charge in [0, 0.05) is 12.5 Å². The minimum Gasteiger partial charge on any atom is -0.478 e. The third kappa shape index (κ3) is 5.75. The van der Waals surface area contributed by atoms with Crippen LogP contribution in [-0.2, 0) is 17.6 Å². The van der Waals surface area contributed by atoms with E-state index in [1.165, 1.54) is 16.7 Å². The molecule has 0 aliphatic carbocycles. The van der Waals surface area contributed by atoms with Gasteiger partial charge in [0.15, 0.2) is 0 Å². The van der Waals surface area contributed by atoms with Crippen molar-refractivity contribution in [3.8, 4) is 0 Å². The molecule has 0 saturated heterocycles. The quantitative estimate of drug-likeness (QED) is 0.808. The molecule has 1 atom stereocenters. The Labute approximate surface area is 148 Å². The highest BCUT2D eigenvalue weighted by Crippen LogP contribution is 2.13. The zero-order chi connectivity index (χ0) is 18.4. The van der Waals surface area contributed by atoms with Gasteiger partial charge in [-0.2, -0.15) is 0 Å². The SMILES string of the molecule is Cc1cc(C)cc(CC(C)NC(=O)CCc2ccccc2C(=O)O)c1. The predicted molar refractivity (Wildman–Crippen MR) is 98.9 cm³/mol. The first-order valence-electron chi connectivity index (χ1n) is 8.53. The van der Waals surface area contributed by atoms with Gasteiger partial charge in [-0.15, -0.1) is 0 Å². The summed E-state index contributed by atoms with van der Waals surface area (Å²) in [5.74, 6) is -1.02. The molecule has 4 heteroatoms. The topological polar surface area (TPSA) is 66.4 Å². The Morgan fingerprint density at radius 2 is 1.72 bits per heavy atom. The summed E-state index contributed by atoms with van der Waals surface area (Å²) in [6.45, 7) is 6.13. The van der Waals surface area contributed by atoms with Crippen molar-refractivity contribution in [1.82, 2.24) is 5.32 Å². The normalized spacial score (nSPS) is 11.8. The molecule has 1 amide bonds. The van der Waals surface area contributed by atoms with Gasteiger partial charge < -0.3 is 10.4 Å². The van der Waals surface area contributed by atoms with Gasteiger partial charge in [-0.05, 0) is 50.8 Å². The Kier molecular flexibility index (Phi) is 6.34. The van der Waals surface area contributed by atoms with Crippen LogP contribution in [0, 0.1) is 13.8 Å². The molecule has 1 unspecified atom stereocenters. The van der Waals surface area contributed by atoms with E-state index in [-0.39, 0.29) is 23.9 Å². The van der Waals surface area contributed by atoms with Gasteiger partial charge in [0.05, 0.1) is 5.56 Å². The Bertz CT molecular complexity index is 747. The Morgan fingerprint density at radius 3 is 2.36 bits per heavy atom. The summed E-state index contributed by atoms with van der Waals surface area (Å²) in [5.41, 5.74) is 4.60. The second-order valence-electron chi connectivity index (χ2n) is 6.63. The monoisotopic (exact) mass is 339 g/mol. The van der Waals surface area contributed by atoms with Crippen LogP contribution in [0.2, 0.25) is 0 Å². The van der Waals surface area contributed by atoms with Crippen molar-refractivity contribution >= 4 is 11.9 Å². The van der Waals surface area contributed by atoms with E-state index in [1.807, 2.05) is 6.92 Å². The third-order valence-corrected chi connectivity index (χ3v) is 4.10. The van der Waals surface area contributed by atoms with Gasteiger partial charge in [-0.3, -0.25) is 4.79 Å². The molecule has 0 saturated carbocycles. The molecule has 0 bridgehead atoms. The average Bonchev–Trinajstić information content (AvgIpc) is 2.51. The van der Waals surface area contributed by atoms with Crippen molar-refractivity contribution in [3.05, 3.63) is 70.3 Å². The largest absolute Gasteiger partial charge is 0.478 e. The van der Waals surface area contributed by atoms with E-state index < -0.39 is 5.97 Å². The molecule has 0 spiro atoms. The van der Waals surface area contributed by atoms with E-state index in [1.54, 1.807) is 24.3 Å². The van der Waals surface area contributed by atoms with Crippen LogP contribution in [0.5, 0.6) is 0 Å². The highest BCUT2D eigenvalue weighted by molar-refractivity contribution is 5.89. The molecule has 0 aromatic heterocycles. The molecule has 0 fully saturated rings. The van der Waals surface area contributed by atoms with E-state index in [0.29, 0.717) is 12.0 Å². The summed E-state index contributed by atoms with van der Waals surface area (Å²) in [5, 5.41) is 12.2. The van der Waals surface area contributed by atoms with E-state index >= 15 is 0 Å². The minimum absolute atomic E-state index is 0.0309. The maximum atomic E-state index is 12.2. The van der Waals surface area contributed by atoms with Crippen molar-refractivity contribution in [2.24, 2.45) is 0 Å². The number of amides is 1. The van der Waals surface area contributed by atoms with Crippen LogP contribution in [-0.4, -0.2) is 23.0 Å². The molecule has 25 heavy (non-hydrogen) atoms. The van der Waals surface area contributed by atoms with Crippen LogP contribution in [0.4, 0.5) is 0 Å². The van der Waals surface area contributed by atoms with Crippen LogP contribution in [0.3, 0.4) is 0 Å². The zero-order valence-corrected chi connectivity index (χ0v) is 15.0. The first-order chi connectivity index (χ1) is 11.8. The maximum absolute atomic E-state index is 12.2. The van der Waals surface area contributed by atoms with Crippen LogP contribution >= 0.6 is 0 Å². The van der Waals surface area contributed by atoms with Crippen LogP contribution in [0.25, 0.3) is 0 Å². The van der Waals surface area contributed by atoms with Gasteiger partial charge in [0.25, 0.3) is 0 Å². The smallest absolute Gasteiger partial charge is 0.335 e. The van der Waals surface area contributed by atoms with Gasteiger partial charge in [0.2, 0.25) is 5.91 Å². The number of hydrogen-bond acceptors (Lipinski definition) is 2. The molecule has 0 heterocycles. The Morgan fingerprint density at radius 1 is 1.08 bits per heavy atom. The van der Waals surface area contributed by atoms with Crippen molar-refractivity contribution in [2.75, 3.05) is 0 Å². The maximum Gasteiger partial charge on any atom is 0.335 e. The molecule has 2 aromatic carbocycles. The molecule has 4 nitrogen and oxygen atoms in total. The van der Waals surface area contributed by atoms with Crippen LogP contribution in [0.1, 0.15) is 46.0 Å². The molecule has 2 rings (SSSR count). The molecular formula is C21H25NO3. The number of aromatic carboxylic acids is 1. The number of hydrogen-bond donors (Lipinski definition) is 2. The molecule has 0 aliphatic heterocycles. The summed E-state index contributed by atoms with van der Waals surface area (Å²) in [6, 6.07) is 13.3. The lowest BCUT2D eigenvalue weighted by Gasteiger charge is -2.15. The summed E-state index contributed by atoms with van der Waals surface area (Å²) < 4.78 is 0. The first-order valence-corrected chi connectivity index (χ1v) is 8.53. The summed E-state index contributed by atoms with van der Waals surface area (Å²) in [7, 11) is 0. The number of carbonyl (C=O) groups excluding carboxylic acids is 1. The first kappa shape index (κ1) is 18.7. The summed E-state index contributed by atoms with van der Waals surface area (Å²) in [6.07, 6.45) is 1.48. The van der Waals surface area contributed by atoms with Crippen molar-refractivity contribution in [3.63, 3.8) is 0 Å². The lowest BCUT2D eigenvalue weighted by atomic mass is 10.0. The average molecular weight is 339 g/mol. The van der Waals surface area contributed by atoms with Gasteiger partial charge in [-0.1, -0.05) is 47.5 Å². The fraction of sp³-hybridized carbons (Fsp3) is 0.333. The second kappa shape index (κ2) is 8.47. The number of nitrogens with one attached hydrogen (secondary N) is 1. The van der Waals surface area contributed by atoms with E-state index in [0.717, 1.165) is 6.42 Å². The fourth-order valence-corrected chi connectivity index (χ4v) is 3.13. The van der Waals surface area contributed by atoms with Crippen LogP contribution in [0.15, 0.2) is 42.5 Å². The number of benzene rings is 2. The molecule has 0 radical (unpaired) electrons. The standard InChI is InChI=1S/C21H25NO3/c1-14-10-15(2)12-17(11-14)13-16(3)22-20(23)9-8-18-6-4-5-7-19(18)21(24)25/h4-7,10-12,16H,8-9,13H2,1-3H3,(H,22,23)(H,24,25). The lowest BCUT2D eigenvalue weighted by Crippen LogP contribution is -2.34. The number of carboxylic acid groups (broad SMARTS) is 1. The molecule has 2 N–H and O–H groups in total. The molecule has 132 valence electrons. The number of carboxylic acids is 1. The van der Waals surface area contributed by atoms with E-state index in [4.69, 9.17) is 0 Å².